The lowest BCUT2D eigenvalue weighted by molar-refractivity contribution is -0.122. The third kappa shape index (κ3) is 2.18. The van der Waals surface area contributed by atoms with Gasteiger partial charge in [-0.05, 0) is 51.4 Å². The van der Waals surface area contributed by atoms with Crippen molar-refractivity contribution in [2.45, 2.75) is 51.0 Å². The fourth-order valence-electron chi connectivity index (χ4n) is 4.74. The van der Waals surface area contributed by atoms with Gasteiger partial charge in [0.05, 0.1) is 0 Å². The first kappa shape index (κ1) is 14.3. The Bertz CT molecular complexity index is 591. The second-order valence-electron chi connectivity index (χ2n) is 7.48. The van der Waals surface area contributed by atoms with E-state index in [1.165, 1.54) is 29.7 Å². The summed E-state index contributed by atoms with van der Waals surface area (Å²) < 4.78 is 0. The lowest BCUT2D eigenvalue weighted by Crippen LogP contribution is -2.48. The highest BCUT2D eigenvalue weighted by molar-refractivity contribution is 5.98. The van der Waals surface area contributed by atoms with Crippen LogP contribution in [0.15, 0.2) is 18.2 Å². The highest BCUT2D eigenvalue weighted by atomic mass is 16.2. The van der Waals surface area contributed by atoms with E-state index in [2.05, 4.69) is 42.0 Å². The molecule has 22 heavy (non-hydrogen) atoms. The SMILES string of the molecule is Cc1ccc2c(c1)C1CN(C)CCC1N2C(=O)C1CCCC1. The topological polar surface area (TPSA) is 23.6 Å². The number of nitrogens with zero attached hydrogens (tertiary/aromatic N) is 2. The van der Waals surface area contributed by atoms with Crippen LogP contribution in [-0.2, 0) is 4.79 Å². The van der Waals surface area contributed by atoms with Crippen molar-refractivity contribution in [3.8, 4) is 0 Å². The molecule has 0 N–H and O–H groups in total. The zero-order valence-electron chi connectivity index (χ0n) is 13.7. The minimum Gasteiger partial charge on any atom is -0.308 e. The highest BCUT2D eigenvalue weighted by Crippen LogP contribution is 2.46. The fourth-order valence-corrected chi connectivity index (χ4v) is 4.74. The molecule has 1 saturated heterocycles. The molecule has 3 nitrogen and oxygen atoms in total. The van der Waals surface area contributed by atoms with Gasteiger partial charge in [-0.15, -0.1) is 0 Å². The number of hydrogen-bond acceptors (Lipinski definition) is 2. The van der Waals surface area contributed by atoms with Crippen LogP contribution in [0.25, 0.3) is 0 Å². The lowest BCUT2D eigenvalue weighted by atomic mass is 9.88. The number of amides is 1. The first-order chi connectivity index (χ1) is 10.6. The minimum atomic E-state index is 0.271. The second kappa shape index (κ2) is 5.38. The Morgan fingerprint density at radius 3 is 2.73 bits per heavy atom. The Morgan fingerprint density at radius 1 is 1.18 bits per heavy atom. The lowest BCUT2D eigenvalue weighted by Gasteiger charge is -2.37. The Hall–Kier alpha value is -1.35. The van der Waals surface area contributed by atoms with Crippen molar-refractivity contribution < 1.29 is 4.79 Å². The number of benzene rings is 1. The van der Waals surface area contributed by atoms with Gasteiger partial charge >= 0.3 is 0 Å². The summed E-state index contributed by atoms with van der Waals surface area (Å²) in [6, 6.07) is 7.06. The van der Waals surface area contributed by atoms with E-state index in [1.54, 1.807) is 0 Å². The molecule has 1 aromatic rings. The molecule has 1 saturated carbocycles. The summed E-state index contributed by atoms with van der Waals surface area (Å²) in [5.74, 6) is 1.17. The van der Waals surface area contributed by atoms with E-state index in [0.29, 0.717) is 17.9 Å². The van der Waals surface area contributed by atoms with Crippen LogP contribution in [0.2, 0.25) is 0 Å². The molecule has 3 aliphatic rings. The van der Waals surface area contributed by atoms with Gasteiger partial charge in [0.15, 0.2) is 0 Å². The van der Waals surface area contributed by atoms with E-state index in [1.807, 2.05) is 0 Å². The zero-order valence-corrected chi connectivity index (χ0v) is 13.7. The van der Waals surface area contributed by atoms with Gasteiger partial charge < -0.3 is 9.80 Å². The van der Waals surface area contributed by atoms with Crippen LogP contribution in [0.4, 0.5) is 5.69 Å². The van der Waals surface area contributed by atoms with Gasteiger partial charge in [-0.3, -0.25) is 4.79 Å². The number of likely N-dealkylation sites (tertiary alicyclic amines) is 1. The second-order valence-corrected chi connectivity index (χ2v) is 7.48. The molecule has 0 bridgehead atoms. The predicted octanol–water partition coefficient (Wildman–Crippen LogP) is 3.32. The van der Waals surface area contributed by atoms with E-state index >= 15 is 0 Å². The van der Waals surface area contributed by atoms with Crippen LogP contribution in [0.3, 0.4) is 0 Å². The van der Waals surface area contributed by atoms with Gasteiger partial charge in [0.1, 0.15) is 0 Å². The molecule has 0 radical (unpaired) electrons. The van der Waals surface area contributed by atoms with Crippen molar-refractivity contribution >= 4 is 11.6 Å². The summed E-state index contributed by atoms with van der Waals surface area (Å²) in [4.78, 5) is 17.8. The maximum absolute atomic E-state index is 13.1. The Labute approximate surface area is 133 Å². The number of hydrogen-bond donors (Lipinski definition) is 0. The summed E-state index contributed by atoms with van der Waals surface area (Å²) in [7, 11) is 2.20. The third-order valence-corrected chi connectivity index (χ3v) is 5.89. The molecule has 2 unspecified atom stereocenters. The number of carbonyl (C=O) groups is 1. The molecule has 0 spiro atoms. The quantitative estimate of drug-likeness (QED) is 0.794. The van der Waals surface area contributed by atoms with Crippen molar-refractivity contribution in [2.75, 3.05) is 25.0 Å². The molecule has 2 aliphatic heterocycles. The molecular weight excluding hydrogens is 272 g/mol. The molecule has 1 aromatic carbocycles. The molecule has 2 fully saturated rings. The van der Waals surface area contributed by atoms with Crippen LogP contribution < -0.4 is 4.90 Å². The van der Waals surface area contributed by atoms with Gasteiger partial charge in [-0.2, -0.15) is 0 Å². The largest absolute Gasteiger partial charge is 0.308 e. The zero-order chi connectivity index (χ0) is 15.3. The average Bonchev–Trinajstić information content (AvgIpc) is 3.13. The number of anilines is 1. The first-order valence-electron chi connectivity index (χ1n) is 8.77. The minimum absolute atomic E-state index is 0.271. The van der Waals surface area contributed by atoms with E-state index in [9.17, 15) is 4.79 Å². The van der Waals surface area contributed by atoms with E-state index in [4.69, 9.17) is 0 Å². The Morgan fingerprint density at radius 2 is 1.95 bits per heavy atom. The maximum atomic E-state index is 13.1. The summed E-state index contributed by atoms with van der Waals surface area (Å²) in [6.07, 6.45) is 5.73. The first-order valence-corrected chi connectivity index (χ1v) is 8.77. The molecule has 4 rings (SSSR count). The van der Waals surface area contributed by atoms with Gasteiger partial charge in [-0.1, -0.05) is 30.5 Å². The molecule has 1 amide bonds. The molecule has 1 aliphatic carbocycles. The van der Waals surface area contributed by atoms with Gasteiger partial charge in [0.2, 0.25) is 5.91 Å². The normalized spacial score (nSPS) is 28.7. The number of fused-ring (bicyclic) bond motifs is 3. The van der Waals surface area contributed by atoms with Gasteiger partial charge in [0.25, 0.3) is 0 Å². The van der Waals surface area contributed by atoms with Crippen molar-refractivity contribution in [1.29, 1.82) is 0 Å². The van der Waals surface area contributed by atoms with Crippen LogP contribution in [0.1, 0.15) is 49.1 Å². The van der Waals surface area contributed by atoms with Crippen LogP contribution >= 0.6 is 0 Å². The number of likely N-dealkylation sites (N-methyl/N-ethyl adjacent to an activating group) is 1. The molecule has 2 atom stereocenters. The molecule has 3 heteroatoms. The van der Waals surface area contributed by atoms with Crippen molar-refractivity contribution in [3.63, 3.8) is 0 Å². The third-order valence-electron chi connectivity index (χ3n) is 5.89. The Kier molecular flexibility index (Phi) is 3.48. The fraction of sp³-hybridized carbons (Fsp3) is 0.632. The van der Waals surface area contributed by atoms with Crippen molar-refractivity contribution in [2.24, 2.45) is 5.92 Å². The Balaban J connectivity index is 1.73. The number of rotatable bonds is 1. The summed E-state index contributed by atoms with van der Waals surface area (Å²) in [5, 5.41) is 0. The molecule has 118 valence electrons. The van der Waals surface area contributed by atoms with E-state index in [-0.39, 0.29) is 5.92 Å². The van der Waals surface area contributed by atoms with Crippen LogP contribution in [-0.4, -0.2) is 37.0 Å². The maximum Gasteiger partial charge on any atom is 0.230 e. The van der Waals surface area contributed by atoms with Crippen molar-refractivity contribution in [3.05, 3.63) is 29.3 Å². The number of aryl methyl sites for hydroxylation is 1. The number of piperidine rings is 1. The molecular formula is C19H26N2O. The summed E-state index contributed by atoms with van der Waals surface area (Å²) in [5.41, 5.74) is 3.91. The molecule has 0 aromatic heterocycles. The van der Waals surface area contributed by atoms with Gasteiger partial charge in [0, 0.05) is 30.1 Å². The van der Waals surface area contributed by atoms with Crippen LogP contribution in [0.5, 0.6) is 0 Å². The standard InChI is InChI=1S/C19H26N2O/c1-13-7-8-17-15(11-13)16-12-20(2)10-9-18(16)21(17)19(22)14-5-3-4-6-14/h7-8,11,14,16,18H,3-6,9-10,12H2,1-2H3. The monoisotopic (exact) mass is 298 g/mol. The van der Waals surface area contributed by atoms with E-state index in [0.717, 1.165) is 32.4 Å². The van der Waals surface area contributed by atoms with E-state index < -0.39 is 0 Å². The highest BCUT2D eigenvalue weighted by Gasteiger charge is 2.45. The molecule has 2 heterocycles. The predicted molar refractivity (Wildman–Crippen MR) is 89.3 cm³/mol. The summed E-state index contributed by atoms with van der Waals surface area (Å²) >= 11 is 0. The average molecular weight is 298 g/mol. The smallest absolute Gasteiger partial charge is 0.230 e. The number of carbonyl (C=O) groups excluding carboxylic acids is 1. The summed E-state index contributed by atoms with van der Waals surface area (Å²) in [6.45, 7) is 4.33. The van der Waals surface area contributed by atoms with Crippen molar-refractivity contribution in [1.82, 2.24) is 4.90 Å². The van der Waals surface area contributed by atoms with Crippen LogP contribution in [0, 0.1) is 12.8 Å². The van der Waals surface area contributed by atoms with Gasteiger partial charge in [-0.25, -0.2) is 0 Å².